The Balaban J connectivity index is 2.14. The van der Waals surface area contributed by atoms with Gasteiger partial charge < -0.3 is 4.90 Å². The molecule has 1 atom stereocenters. The topological polar surface area (TPSA) is 3.24 Å². The molecule has 0 spiro atoms. The lowest BCUT2D eigenvalue weighted by Gasteiger charge is -2.28. The van der Waals surface area contributed by atoms with Gasteiger partial charge in [-0.15, -0.1) is 0 Å². The van der Waals surface area contributed by atoms with E-state index in [1.165, 1.54) is 16.8 Å². The normalized spacial score (nSPS) is 12.2. The maximum Gasteiger partial charge on any atom is 0.0366 e. The zero-order valence-corrected chi connectivity index (χ0v) is 13.8. The van der Waals surface area contributed by atoms with E-state index in [0.29, 0.717) is 5.92 Å². The summed E-state index contributed by atoms with van der Waals surface area (Å²) >= 11 is 3.67. The van der Waals surface area contributed by atoms with Crippen LogP contribution in [0.25, 0.3) is 0 Å². The third kappa shape index (κ3) is 3.86. The SMILES string of the molecule is CCN(CC(CBr)c1ccccc1)c1ccc(C)cc1. The molecule has 0 N–H and O–H groups in total. The van der Waals surface area contributed by atoms with E-state index in [-0.39, 0.29) is 0 Å². The Morgan fingerprint density at radius 1 is 1.00 bits per heavy atom. The maximum atomic E-state index is 3.67. The van der Waals surface area contributed by atoms with E-state index < -0.39 is 0 Å². The van der Waals surface area contributed by atoms with Crippen LogP contribution in [0.3, 0.4) is 0 Å². The van der Waals surface area contributed by atoms with Crippen LogP contribution in [0, 0.1) is 6.92 Å². The Morgan fingerprint density at radius 2 is 1.65 bits per heavy atom. The van der Waals surface area contributed by atoms with E-state index in [1.807, 2.05) is 0 Å². The molecule has 2 aromatic carbocycles. The van der Waals surface area contributed by atoms with Crippen LogP contribution in [0.15, 0.2) is 54.6 Å². The fourth-order valence-corrected chi connectivity index (χ4v) is 2.99. The van der Waals surface area contributed by atoms with Gasteiger partial charge in [-0.1, -0.05) is 64.0 Å². The molecule has 106 valence electrons. The molecular formula is C18H22BrN. The number of alkyl halides is 1. The summed E-state index contributed by atoms with van der Waals surface area (Å²) in [5.74, 6) is 0.512. The largest absolute Gasteiger partial charge is 0.371 e. The fourth-order valence-electron chi connectivity index (χ4n) is 2.41. The van der Waals surface area contributed by atoms with Crippen molar-refractivity contribution in [2.45, 2.75) is 19.8 Å². The number of benzene rings is 2. The molecule has 2 heteroatoms. The van der Waals surface area contributed by atoms with Crippen molar-refractivity contribution in [3.63, 3.8) is 0 Å². The third-order valence-electron chi connectivity index (χ3n) is 3.68. The summed E-state index contributed by atoms with van der Waals surface area (Å²) in [6.45, 7) is 6.41. The van der Waals surface area contributed by atoms with Crippen LogP contribution >= 0.6 is 15.9 Å². The maximum absolute atomic E-state index is 3.67. The number of likely N-dealkylation sites (N-methyl/N-ethyl adjacent to an activating group) is 1. The molecule has 2 aromatic rings. The molecule has 0 aliphatic rings. The predicted molar refractivity (Wildman–Crippen MR) is 92.0 cm³/mol. The summed E-state index contributed by atoms with van der Waals surface area (Å²) in [6, 6.07) is 19.5. The highest BCUT2D eigenvalue weighted by Crippen LogP contribution is 2.23. The van der Waals surface area contributed by atoms with E-state index >= 15 is 0 Å². The average Bonchev–Trinajstić information content (AvgIpc) is 2.51. The highest BCUT2D eigenvalue weighted by Gasteiger charge is 2.14. The second-order valence-electron chi connectivity index (χ2n) is 5.14. The van der Waals surface area contributed by atoms with Gasteiger partial charge in [0.2, 0.25) is 0 Å². The molecule has 0 saturated carbocycles. The lowest BCUT2D eigenvalue weighted by molar-refractivity contribution is 0.712. The van der Waals surface area contributed by atoms with Gasteiger partial charge in [-0.25, -0.2) is 0 Å². The quantitative estimate of drug-likeness (QED) is 0.673. The Labute approximate surface area is 130 Å². The molecule has 0 fully saturated rings. The zero-order chi connectivity index (χ0) is 14.4. The summed E-state index contributed by atoms with van der Waals surface area (Å²) in [4.78, 5) is 2.44. The summed E-state index contributed by atoms with van der Waals surface area (Å²) in [7, 11) is 0. The van der Waals surface area contributed by atoms with E-state index in [0.717, 1.165) is 18.4 Å². The number of aryl methyl sites for hydroxylation is 1. The van der Waals surface area contributed by atoms with Crippen molar-refractivity contribution in [2.24, 2.45) is 0 Å². The first kappa shape index (κ1) is 15.1. The standard InChI is InChI=1S/C18H22BrN/c1-3-20(18-11-9-15(2)10-12-18)14-17(13-19)16-7-5-4-6-8-16/h4-12,17H,3,13-14H2,1-2H3. The molecule has 0 saturated heterocycles. The molecule has 0 amide bonds. The Morgan fingerprint density at radius 3 is 2.20 bits per heavy atom. The van der Waals surface area contributed by atoms with Crippen molar-refractivity contribution < 1.29 is 0 Å². The highest BCUT2D eigenvalue weighted by atomic mass is 79.9. The van der Waals surface area contributed by atoms with E-state index in [2.05, 4.69) is 89.3 Å². The molecule has 0 aromatic heterocycles. The zero-order valence-electron chi connectivity index (χ0n) is 12.2. The molecule has 0 radical (unpaired) electrons. The van der Waals surface area contributed by atoms with Crippen molar-refractivity contribution in [3.05, 3.63) is 65.7 Å². The average molecular weight is 332 g/mol. The molecule has 0 bridgehead atoms. The predicted octanol–water partition coefficient (Wildman–Crippen LogP) is 5.00. The smallest absolute Gasteiger partial charge is 0.0366 e. The second-order valence-corrected chi connectivity index (χ2v) is 5.78. The molecule has 1 nitrogen and oxygen atoms in total. The lowest BCUT2D eigenvalue weighted by Crippen LogP contribution is -2.29. The number of nitrogens with zero attached hydrogens (tertiary/aromatic N) is 1. The number of anilines is 1. The first-order valence-electron chi connectivity index (χ1n) is 7.17. The Bertz CT molecular complexity index is 507. The van der Waals surface area contributed by atoms with Crippen molar-refractivity contribution in [3.8, 4) is 0 Å². The summed E-state index contributed by atoms with van der Waals surface area (Å²) in [6.07, 6.45) is 0. The van der Waals surface area contributed by atoms with Gasteiger partial charge in [0.25, 0.3) is 0 Å². The van der Waals surface area contributed by atoms with Crippen LogP contribution in [0.1, 0.15) is 24.0 Å². The molecule has 1 unspecified atom stereocenters. The van der Waals surface area contributed by atoms with Crippen LogP contribution in [-0.2, 0) is 0 Å². The van der Waals surface area contributed by atoms with Gasteiger partial charge in [0.15, 0.2) is 0 Å². The minimum Gasteiger partial charge on any atom is -0.371 e. The first-order valence-corrected chi connectivity index (χ1v) is 8.29. The van der Waals surface area contributed by atoms with E-state index in [1.54, 1.807) is 0 Å². The van der Waals surface area contributed by atoms with Crippen LogP contribution < -0.4 is 4.90 Å². The highest BCUT2D eigenvalue weighted by molar-refractivity contribution is 9.09. The molecule has 0 heterocycles. The lowest BCUT2D eigenvalue weighted by atomic mass is 10.0. The van der Waals surface area contributed by atoms with Crippen LogP contribution in [-0.4, -0.2) is 18.4 Å². The minimum atomic E-state index is 0.512. The molecular weight excluding hydrogens is 310 g/mol. The number of hydrogen-bond acceptors (Lipinski definition) is 1. The van der Waals surface area contributed by atoms with Gasteiger partial charge in [-0.3, -0.25) is 0 Å². The Hall–Kier alpha value is -1.28. The molecule has 20 heavy (non-hydrogen) atoms. The van der Waals surface area contributed by atoms with E-state index in [4.69, 9.17) is 0 Å². The molecule has 0 aliphatic heterocycles. The van der Waals surface area contributed by atoms with Gasteiger partial charge in [0.1, 0.15) is 0 Å². The van der Waals surface area contributed by atoms with Gasteiger partial charge in [0, 0.05) is 30.0 Å². The van der Waals surface area contributed by atoms with Crippen molar-refractivity contribution in [1.29, 1.82) is 0 Å². The number of rotatable bonds is 6. The summed E-state index contributed by atoms with van der Waals surface area (Å²) in [5.41, 5.74) is 4.01. The van der Waals surface area contributed by atoms with Crippen LogP contribution in [0.4, 0.5) is 5.69 Å². The third-order valence-corrected chi connectivity index (χ3v) is 4.46. The molecule has 0 aliphatic carbocycles. The summed E-state index contributed by atoms with van der Waals surface area (Å²) in [5, 5.41) is 0.985. The Kier molecular flexibility index (Phi) is 5.66. The first-order chi connectivity index (χ1) is 9.74. The second kappa shape index (κ2) is 7.49. The van der Waals surface area contributed by atoms with Crippen LogP contribution in [0.2, 0.25) is 0 Å². The van der Waals surface area contributed by atoms with Crippen molar-refractivity contribution in [1.82, 2.24) is 0 Å². The minimum absolute atomic E-state index is 0.512. The summed E-state index contributed by atoms with van der Waals surface area (Å²) < 4.78 is 0. The molecule has 2 rings (SSSR count). The van der Waals surface area contributed by atoms with Gasteiger partial charge >= 0.3 is 0 Å². The number of halogens is 1. The van der Waals surface area contributed by atoms with Crippen molar-refractivity contribution in [2.75, 3.05) is 23.3 Å². The van der Waals surface area contributed by atoms with Gasteiger partial charge in [0.05, 0.1) is 0 Å². The van der Waals surface area contributed by atoms with Gasteiger partial charge in [-0.05, 0) is 31.5 Å². The van der Waals surface area contributed by atoms with E-state index in [9.17, 15) is 0 Å². The monoisotopic (exact) mass is 331 g/mol. The van der Waals surface area contributed by atoms with Crippen LogP contribution in [0.5, 0.6) is 0 Å². The van der Waals surface area contributed by atoms with Gasteiger partial charge in [-0.2, -0.15) is 0 Å². The number of hydrogen-bond donors (Lipinski definition) is 0. The van der Waals surface area contributed by atoms with Crippen molar-refractivity contribution >= 4 is 21.6 Å². The fraction of sp³-hybridized carbons (Fsp3) is 0.333.